The number of hydrogen-bond donors (Lipinski definition) is 2. The third-order valence-electron chi connectivity index (χ3n) is 3.07. The molecule has 4 nitrogen and oxygen atoms in total. The Kier molecular flexibility index (Phi) is 3.96. The molecule has 0 atom stereocenters. The Morgan fingerprint density at radius 3 is 2.88 bits per heavy atom. The Bertz CT molecular complexity index is 386. The Morgan fingerprint density at radius 1 is 1.41 bits per heavy atom. The molecular formula is C13H19N3O. The van der Waals surface area contributed by atoms with Crippen molar-refractivity contribution in [3.05, 3.63) is 29.6 Å². The number of carbonyl (C=O) groups is 1. The summed E-state index contributed by atoms with van der Waals surface area (Å²) in [6.45, 7) is 2.43. The largest absolute Gasteiger partial charge is 0.335 e. The van der Waals surface area contributed by atoms with Crippen molar-refractivity contribution in [2.45, 2.75) is 45.2 Å². The third kappa shape index (κ3) is 3.73. The van der Waals surface area contributed by atoms with Crippen molar-refractivity contribution >= 4 is 6.03 Å². The topological polar surface area (TPSA) is 54.0 Å². The van der Waals surface area contributed by atoms with Gasteiger partial charge in [0.15, 0.2) is 0 Å². The number of urea groups is 1. The van der Waals surface area contributed by atoms with Crippen LogP contribution < -0.4 is 10.6 Å². The van der Waals surface area contributed by atoms with Crippen LogP contribution in [0.2, 0.25) is 0 Å². The van der Waals surface area contributed by atoms with E-state index in [0.29, 0.717) is 12.6 Å². The highest BCUT2D eigenvalue weighted by Crippen LogP contribution is 2.17. The first-order valence-corrected chi connectivity index (χ1v) is 6.21. The summed E-state index contributed by atoms with van der Waals surface area (Å²) >= 11 is 0. The maximum Gasteiger partial charge on any atom is 0.315 e. The molecule has 2 rings (SSSR count). The summed E-state index contributed by atoms with van der Waals surface area (Å²) in [5.74, 6) is 0. The molecule has 1 saturated carbocycles. The van der Waals surface area contributed by atoms with E-state index in [1.54, 1.807) is 0 Å². The van der Waals surface area contributed by atoms with Gasteiger partial charge >= 0.3 is 6.03 Å². The molecule has 4 heteroatoms. The van der Waals surface area contributed by atoms with Gasteiger partial charge in [0, 0.05) is 11.7 Å². The zero-order chi connectivity index (χ0) is 12.1. The minimum Gasteiger partial charge on any atom is -0.335 e. The number of nitrogens with zero attached hydrogens (tertiary/aromatic N) is 1. The molecule has 2 amide bonds. The first-order chi connectivity index (χ1) is 8.24. The molecular weight excluding hydrogens is 214 g/mol. The SMILES string of the molecule is Cc1cccc(CNC(=O)NC2CCCC2)n1. The molecule has 17 heavy (non-hydrogen) atoms. The van der Waals surface area contributed by atoms with Crippen LogP contribution in [0.1, 0.15) is 37.1 Å². The van der Waals surface area contributed by atoms with Crippen LogP contribution in [0.4, 0.5) is 4.79 Å². The van der Waals surface area contributed by atoms with Gasteiger partial charge in [-0.3, -0.25) is 4.98 Å². The minimum atomic E-state index is -0.0831. The quantitative estimate of drug-likeness (QED) is 0.840. The maximum absolute atomic E-state index is 11.6. The van der Waals surface area contributed by atoms with Gasteiger partial charge < -0.3 is 10.6 Å². The standard InChI is InChI=1S/C13H19N3O/c1-10-5-4-8-12(15-10)9-14-13(17)16-11-6-2-3-7-11/h4-5,8,11H,2-3,6-7,9H2,1H3,(H2,14,16,17). The van der Waals surface area contributed by atoms with Crippen LogP contribution in [0.15, 0.2) is 18.2 Å². The summed E-state index contributed by atoms with van der Waals surface area (Å²) in [7, 11) is 0. The Hall–Kier alpha value is -1.58. The monoisotopic (exact) mass is 233 g/mol. The fraction of sp³-hybridized carbons (Fsp3) is 0.538. The molecule has 1 fully saturated rings. The molecule has 0 saturated heterocycles. The van der Waals surface area contributed by atoms with Crippen molar-refractivity contribution in [2.24, 2.45) is 0 Å². The number of nitrogens with one attached hydrogen (secondary N) is 2. The van der Waals surface area contributed by atoms with E-state index in [1.165, 1.54) is 12.8 Å². The number of amides is 2. The van der Waals surface area contributed by atoms with Crippen molar-refractivity contribution in [3.63, 3.8) is 0 Å². The lowest BCUT2D eigenvalue weighted by molar-refractivity contribution is 0.236. The number of aryl methyl sites for hydroxylation is 1. The summed E-state index contributed by atoms with van der Waals surface area (Å²) < 4.78 is 0. The predicted octanol–water partition coefficient (Wildman–Crippen LogP) is 2.13. The van der Waals surface area contributed by atoms with Crippen LogP contribution in [0.5, 0.6) is 0 Å². The maximum atomic E-state index is 11.6. The van der Waals surface area contributed by atoms with Crippen LogP contribution in [-0.4, -0.2) is 17.1 Å². The second-order valence-electron chi connectivity index (χ2n) is 4.58. The van der Waals surface area contributed by atoms with E-state index in [9.17, 15) is 4.79 Å². The van der Waals surface area contributed by atoms with Gasteiger partial charge in [-0.15, -0.1) is 0 Å². The van der Waals surface area contributed by atoms with E-state index in [1.807, 2.05) is 25.1 Å². The average Bonchev–Trinajstić information content (AvgIpc) is 2.79. The molecule has 0 spiro atoms. The molecule has 1 aliphatic rings. The van der Waals surface area contributed by atoms with Crippen molar-refractivity contribution in [1.29, 1.82) is 0 Å². The van der Waals surface area contributed by atoms with E-state index in [4.69, 9.17) is 0 Å². The normalized spacial score (nSPS) is 15.8. The van der Waals surface area contributed by atoms with Crippen molar-refractivity contribution in [3.8, 4) is 0 Å². The van der Waals surface area contributed by atoms with Crippen molar-refractivity contribution in [1.82, 2.24) is 15.6 Å². The summed E-state index contributed by atoms with van der Waals surface area (Å²) in [5, 5.41) is 5.83. The lowest BCUT2D eigenvalue weighted by Crippen LogP contribution is -2.40. The zero-order valence-corrected chi connectivity index (χ0v) is 10.2. The molecule has 0 aromatic carbocycles. The van der Waals surface area contributed by atoms with Crippen LogP contribution in [0, 0.1) is 6.92 Å². The highest BCUT2D eigenvalue weighted by molar-refractivity contribution is 5.74. The van der Waals surface area contributed by atoms with E-state index in [2.05, 4.69) is 15.6 Å². The number of pyridine rings is 1. The lowest BCUT2D eigenvalue weighted by Gasteiger charge is -2.12. The van der Waals surface area contributed by atoms with Gasteiger partial charge in [0.25, 0.3) is 0 Å². The van der Waals surface area contributed by atoms with E-state index in [0.717, 1.165) is 24.2 Å². The minimum absolute atomic E-state index is 0.0831. The van der Waals surface area contributed by atoms with Gasteiger partial charge in [0.1, 0.15) is 0 Å². The van der Waals surface area contributed by atoms with Gasteiger partial charge in [0.05, 0.1) is 12.2 Å². The van der Waals surface area contributed by atoms with E-state index in [-0.39, 0.29) is 6.03 Å². The summed E-state index contributed by atoms with van der Waals surface area (Å²) in [4.78, 5) is 15.9. The number of rotatable bonds is 3. The highest BCUT2D eigenvalue weighted by atomic mass is 16.2. The van der Waals surface area contributed by atoms with E-state index >= 15 is 0 Å². The molecule has 0 bridgehead atoms. The molecule has 0 radical (unpaired) electrons. The first-order valence-electron chi connectivity index (χ1n) is 6.21. The second-order valence-corrected chi connectivity index (χ2v) is 4.58. The van der Waals surface area contributed by atoms with Gasteiger partial charge in [-0.05, 0) is 31.9 Å². The van der Waals surface area contributed by atoms with Gasteiger partial charge in [0.2, 0.25) is 0 Å². The summed E-state index contributed by atoms with van der Waals surface area (Å²) in [6, 6.07) is 6.10. The molecule has 1 aliphatic carbocycles. The average molecular weight is 233 g/mol. The molecule has 1 heterocycles. The van der Waals surface area contributed by atoms with Gasteiger partial charge in [-0.1, -0.05) is 18.9 Å². The summed E-state index contributed by atoms with van der Waals surface area (Å²) in [5.41, 5.74) is 1.87. The third-order valence-corrected chi connectivity index (χ3v) is 3.07. The summed E-state index contributed by atoms with van der Waals surface area (Å²) in [6.07, 6.45) is 4.67. The molecule has 2 N–H and O–H groups in total. The van der Waals surface area contributed by atoms with Crippen molar-refractivity contribution in [2.75, 3.05) is 0 Å². The van der Waals surface area contributed by atoms with Crippen LogP contribution in [-0.2, 0) is 6.54 Å². The van der Waals surface area contributed by atoms with Crippen LogP contribution in [0.25, 0.3) is 0 Å². The fourth-order valence-corrected chi connectivity index (χ4v) is 2.18. The second kappa shape index (κ2) is 5.66. The highest BCUT2D eigenvalue weighted by Gasteiger charge is 2.16. The molecule has 0 aliphatic heterocycles. The van der Waals surface area contributed by atoms with E-state index < -0.39 is 0 Å². The first kappa shape index (κ1) is 11.9. The Labute approximate surface area is 102 Å². The molecule has 0 unspecified atom stereocenters. The smallest absolute Gasteiger partial charge is 0.315 e. The van der Waals surface area contributed by atoms with Gasteiger partial charge in [-0.2, -0.15) is 0 Å². The van der Waals surface area contributed by atoms with Gasteiger partial charge in [-0.25, -0.2) is 4.79 Å². The number of carbonyl (C=O) groups excluding carboxylic acids is 1. The Morgan fingerprint density at radius 2 is 2.18 bits per heavy atom. The Balaban J connectivity index is 1.75. The van der Waals surface area contributed by atoms with Crippen LogP contribution in [0.3, 0.4) is 0 Å². The molecule has 1 aromatic rings. The van der Waals surface area contributed by atoms with Crippen molar-refractivity contribution < 1.29 is 4.79 Å². The fourth-order valence-electron chi connectivity index (χ4n) is 2.18. The predicted molar refractivity (Wildman–Crippen MR) is 66.6 cm³/mol. The van der Waals surface area contributed by atoms with Crippen LogP contribution >= 0.6 is 0 Å². The number of hydrogen-bond acceptors (Lipinski definition) is 2. The number of aromatic nitrogens is 1. The zero-order valence-electron chi connectivity index (χ0n) is 10.2. The lowest BCUT2D eigenvalue weighted by atomic mass is 10.2. The molecule has 92 valence electrons. The molecule has 1 aromatic heterocycles.